The fourth-order valence-corrected chi connectivity index (χ4v) is 5.44. The molecule has 1 fully saturated rings. The van der Waals surface area contributed by atoms with E-state index < -0.39 is 5.54 Å². The molecule has 2 aromatic rings. The van der Waals surface area contributed by atoms with Crippen molar-refractivity contribution in [2.45, 2.75) is 90.3 Å². The quantitative estimate of drug-likeness (QED) is 0.568. The van der Waals surface area contributed by atoms with E-state index in [4.69, 9.17) is 4.42 Å². The number of amides is 2. The molecule has 4 rings (SSSR count). The predicted molar refractivity (Wildman–Crippen MR) is 130 cm³/mol. The number of furan rings is 1. The minimum absolute atomic E-state index is 0.0321. The molecule has 0 unspecified atom stereocenters. The van der Waals surface area contributed by atoms with Crippen LogP contribution in [0.25, 0.3) is 11.1 Å². The topological polar surface area (TPSA) is 70.7 Å². The Bertz CT molecular complexity index is 956. The van der Waals surface area contributed by atoms with Gasteiger partial charge in [-0.3, -0.25) is 9.59 Å². The van der Waals surface area contributed by atoms with Gasteiger partial charge >= 0.3 is 0 Å². The SMILES string of the molecule is CCCCN(CC)CCN1C(=O)c2cc3occc3n2C[C@@]1(C)C(=O)NC1CCCCCC1. The predicted octanol–water partition coefficient (Wildman–Crippen LogP) is 4.41. The average molecular weight is 457 g/mol. The molecule has 33 heavy (non-hydrogen) atoms. The highest BCUT2D eigenvalue weighted by Crippen LogP contribution is 2.33. The number of carbonyl (C=O) groups excluding carboxylic acids is 2. The maximum absolute atomic E-state index is 13.8. The van der Waals surface area contributed by atoms with Gasteiger partial charge in [-0.2, -0.15) is 0 Å². The Morgan fingerprint density at radius 3 is 2.67 bits per heavy atom. The Kier molecular flexibility index (Phi) is 7.47. The molecule has 1 aliphatic heterocycles. The lowest BCUT2D eigenvalue weighted by atomic mass is 9.93. The van der Waals surface area contributed by atoms with Crippen LogP contribution in [0.15, 0.2) is 22.8 Å². The third-order valence-electron chi connectivity index (χ3n) is 7.64. The Morgan fingerprint density at radius 2 is 1.97 bits per heavy atom. The molecule has 1 atom stereocenters. The second-order valence-corrected chi connectivity index (χ2v) is 9.97. The van der Waals surface area contributed by atoms with Crippen LogP contribution in [0.5, 0.6) is 0 Å². The van der Waals surface area contributed by atoms with Crippen molar-refractivity contribution in [2.24, 2.45) is 0 Å². The van der Waals surface area contributed by atoms with Crippen LogP contribution in [0.4, 0.5) is 0 Å². The number of fused-ring (bicyclic) bond motifs is 3. The zero-order chi connectivity index (χ0) is 23.4. The van der Waals surface area contributed by atoms with E-state index in [2.05, 4.69) is 24.1 Å². The third-order valence-corrected chi connectivity index (χ3v) is 7.64. The van der Waals surface area contributed by atoms with Crippen molar-refractivity contribution in [3.63, 3.8) is 0 Å². The van der Waals surface area contributed by atoms with E-state index in [-0.39, 0.29) is 17.9 Å². The lowest BCUT2D eigenvalue weighted by Gasteiger charge is -2.45. The van der Waals surface area contributed by atoms with Gasteiger partial charge in [0, 0.05) is 31.3 Å². The number of rotatable bonds is 9. The molecule has 0 spiro atoms. The first-order valence-electron chi connectivity index (χ1n) is 12.9. The van der Waals surface area contributed by atoms with Gasteiger partial charge in [-0.15, -0.1) is 0 Å². The monoisotopic (exact) mass is 456 g/mol. The molecule has 0 aromatic carbocycles. The second kappa shape index (κ2) is 10.3. The van der Waals surface area contributed by atoms with Gasteiger partial charge in [-0.05, 0) is 39.3 Å². The van der Waals surface area contributed by atoms with Gasteiger partial charge in [0.15, 0.2) is 5.58 Å². The van der Waals surface area contributed by atoms with Crippen molar-refractivity contribution in [1.82, 2.24) is 19.7 Å². The highest BCUT2D eigenvalue weighted by molar-refractivity contribution is 6.02. The fraction of sp³-hybridized carbons (Fsp3) is 0.692. The summed E-state index contributed by atoms with van der Waals surface area (Å²) in [6.07, 6.45) is 10.8. The summed E-state index contributed by atoms with van der Waals surface area (Å²) in [6, 6.07) is 3.90. The number of nitrogens with one attached hydrogen (secondary N) is 1. The van der Waals surface area contributed by atoms with Crippen LogP contribution in [0.3, 0.4) is 0 Å². The molecule has 182 valence electrons. The maximum Gasteiger partial charge on any atom is 0.271 e. The highest BCUT2D eigenvalue weighted by Gasteiger charge is 2.48. The first-order valence-corrected chi connectivity index (χ1v) is 12.9. The molecule has 1 N–H and O–H groups in total. The van der Waals surface area contributed by atoms with Gasteiger partial charge in [0.2, 0.25) is 5.91 Å². The number of hydrogen-bond acceptors (Lipinski definition) is 4. The minimum Gasteiger partial charge on any atom is -0.463 e. The zero-order valence-corrected chi connectivity index (χ0v) is 20.6. The molecule has 1 saturated carbocycles. The first-order chi connectivity index (χ1) is 16.0. The molecular weight excluding hydrogens is 416 g/mol. The van der Waals surface area contributed by atoms with Crippen molar-refractivity contribution in [2.75, 3.05) is 26.2 Å². The summed E-state index contributed by atoms with van der Waals surface area (Å²) in [5.41, 5.74) is 1.25. The molecule has 7 nitrogen and oxygen atoms in total. The van der Waals surface area contributed by atoms with Gasteiger partial charge in [0.25, 0.3) is 5.91 Å². The largest absolute Gasteiger partial charge is 0.463 e. The van der Waals surface area contributed by atoms with E-state index in [1.807, 2.05) is 28.5 Å². The molecule has 7 heteroatoms. The molecular formula is C26H40N4O3. The summed E-state index contributed by atoms with van der Waals surface area (Å²) in [4.78, 5) is 31.7. The molecule has 0 radical (unpaired) electrons. The van der Waals surface area contributed by atoms with Crippen LogP contribution in [0.1, 0.15) is 82.6 Å². The molecule has 0 saturated heterocycles. The maximum atomic E-state index is 13.8. The van der Waals surface area contributed by atoms with E-state index in [0.29, 0.717) is 24.4 Å². The first kappa shape index (κ1) is 23.9. The number of hydrogen-bond donors (Lipinski definition) is 1. The fourth-order valence-electron chi connectivity index (χ4n) is 5.44. The summed E-state index contributed by atoms with van der Waals surface area (Å²) in [5, 5.41) is 3.34. The number of unbranched alkanes of at least 4 members (excludes halogenated alkanes) is 1. The van der Waals surface area contributed by atoms with E-state index in [1.54, 1.807) is 6.26 Å². The highest BCUT2D eigenvalue weighted by atomic mass is 16.3. The van der Waals surface area contributed by atoms with E-state index >= 15 is 0 Å². The molecule has 1 aliphatic carbocycles. The summed E-state index contributed by atoms with van der Waals surface area (Å²) in [7, 11) is 0. The Hall–Kier alpha value is -2.28. The number of carbonyl (C=O) groups is 2. The van der Waals surface area contributed by atoms with Gasteiger partial charge < -0.3 is 24.1 Å². The minimum atomic E-state index is -0.941. The standard InChI is InChI=1S/C26H40N4O3/c1-4-6-14-28(5-2)15-16-30-24(31)22-18-23-21(13-17-33-23)29(22)19-26(30,3)25(32)27-20-11-9-7-8-10-12-20/h13,17-18,20H,4-12,14-16,19H2,1-3H3,(H,27,32)/t26-/m0/s1. The van der Waals surface area contributed by atoms with E-state index in [9.17, 15) is 9.59 Å². The Morgan fingerprint density at radius 1 is 1.21 bits per heavy atom. The lowest BCUT2D eigenvalue weighted by Crippen LogP contribution is -2.65. The molecule has 2 aromatic heterocycles. The van der Waals surface area contributed by atoms with E-state index in [0.717, 1.165) is 63.7 Å². The van der Waals surface area contributed by atoms with Gasteiger partial charge in [-0.1, -0.05) is 46.0 Å². The Labute approximate surface area is 197 Å². The van der Waals surface area contributed by atoms with Gasteiger partial charge in [0.1, 0.15) is 11.2 Å². The summed E-state index contributed by atoms with van der Waals surface area (Å²) in [5.74, 6) is -0.118. The summed E-state index contributed by atoms with van der Waals surface area (Å²) >= 11 is 0. The zero-order valence-electron chi connectivity index (χ0n) is 20.6. The number of likely N-dealkylation sites (N-methyl/N-ethyl adjacent to an activating group) is 1. The molecule has 2 aliphatic rings. The van der Waals surface area contributed by atoms with Crippen LogP contribution in [0.2, 0.25) is 0 Å². The average Bonchev–Trinajstić information content (AvgIpc) is 3.30. The molecule has 2 amide bonds. The summed E-state index contributed by atoms with van der Waals surface area (Å²) in [6.45, 7) is 10.00. The second-order valence-electron chi connectivity index (χ2n) is 9.97. The number of nitrogens with zero attached hydrogens (tertiary/aromatic N) is 3. The van der Waals surface area contributed by atoms with Crippen LogP contribution in [-0.2, 0) is 11.3 Å². The normalized spacial score (nSPS) is 22.1. The molecule has 3 heterocycles. The van der Waals surface area contributed by atoms with Crippen LogP contribution in [0, 0.1) is 0 Å². The van der Waals surface area contributed by atoms with Crippen molar-refractivity contribution >= 4 is 22.9 Å². The smallest absolute Gasteiger partial charge is 0.271 e. The van der Waals surface area contributed by atoms with Crippen molar-refractivity contribution in [3.8, 4) is 0 Å². The number of aromatic nitrogens is 1. The van der Waals surface area contributed by atoms with Crippen LogP contribution >= 0.6 is 0 Å². The van der Waals surface area contributed by atoms with Crippen molar-refractivity contribution in [1.29, 1.82) is 0 Å². The van der Waals surface area contributed by atoms with Crippen molar-refractivity contribution < 1.29 is 14.0 Å². The lowest BCUT2D eigenvalue weighted by molar-refractivity contribution is -0.133. The van der Waals surface area contributed by atoms with Gasteiger partial charge in [-0.25, -0.2) is 0 Å². The van der Waals surface area contributed by atoms with Crippen LogP contribution in [-0.4, -0.2) is 63.9 Å². The van der Waals surface area contributed by atoms with Gasteiger partial charge in [0.05, 0.1) is 18.3 Å². The van der Waals surface area contributed by atoms with Crippen LogP contribution < -0.4 is 5.32 Å². The Balaban J connectivity index is 1.60. The summed E-state index contributed by atoms with van der Waals surface area (Å²) < 4.78 is 7.55. The molecule has 0 bridgehead atoms. The van der Waals surface area contributed by atoms with Crippen molar-refractivity contribution in [3.05, 3.63) is 24.1 Å². The third kappa shape index (κ3) is 4.84. The van der Waals surface area contributed by atoms with E-state index in [1.165, 1.54) is 12.8 Å².